The Hall–Kier alpha value is -2.25. The molecular formula is C18H21FN2O3S. The van der Waals surface area contributed by atoms with Gasteiger partial charge in [-0.25, -0.2) is 12.8 Å². The van der Waals surface area contributed by atoms with Gasteiger partial charge < -0.3 is 5.32 Å². The number of hydrogen-bond acceptors (Lipinski definition) is 3. The lowest BCUT2D eigenvalue weighted by Gasteiger charge is -2.20. The number of rotatable bonds is 7. The molecule has 0 unspecified atom stereocenters. The Morgan fingerprint density at radius 1 is 1.16 bits per heavy atom. The van der Waals surface area contributed by atoms with E-state index >= 15 is 0 Å². The summed E-state index contributed by atoms with van der Waals surface area (Å²) in [6.07, 6.45) is 1.13. The third-order valence-electron chi connectivity index (χ3n) is 3.68. The Morgan fingerprint density at radius 2 is 1.84 bits per heavy atom. The molecule has 1 amide bonds. The maximum atomic E-state index is 13.1. The van der Waals surface area contributed by atoms with E-state index in [0.29, 0.717) is 0 Å². The summed E-state index contributed by atoms with van der Waals surface area (Å²) in [6.45, 7) is 2.46. The fourth-order valence-electron chi connectivity index (χ4n) is 2.29. The van der Waals surface area contributed by atoms with Gasteiger partial charge in [0.05, 0.1) is 6.26 Å². The molecule has 0 spiro atoms. The van der Waals surface area contributed by atoms with Gasteiger partial charge >= 0.3 is 0 Å². The third-order valence-corrected chi connectivity index (χ3v) is 4.93. The van der Waals surface area contributed by atoms with Gasteiger partial charge in [0.1, 0.15) is 5.82 Å². The zero-order chi connectivity index (χ0) is 18.4. The predicted molar refractivity (Wildman–Crippen MR) is 95.2 cm³/mol. The van der Waals surface area contributed by atoms with Crippen molar-refractivity contribution in [3.8, 4) is 0 Å². The molecule has 0 atom stereocenters. The fourth-order valence-corrected chi connectivity index (χ4v) is 3.09. The fraction of sp³-hybridized carbons (Fsp3) is 0.278. The van der Waals surface area contributed by atoms with Gasteiger partial charge in [-0.3, -0.25) is 4.79 Å². The molecule has 0 aliphatic rings. The van der Waals surface area contributed by atoms with Crippen molar-refractivity contribution in [1.29, 1.82) is 0 Å². The van der Waals surface area contributed by atoms with Gasteiger partial charge in [-0.15, -0.1) is 0 Å². The average Bonchev–Trinajstić information content (AvgIpc) is 2.54. The van der Waals surface area contributed by atoms with E-state index in [4.69, 9.17) is 0 Å². The molecule has 1 N–H and O–H groups in total. The number of carbonyl (C=O) groups is 1. The monoisotopic (exact) mass is 364 g/mol. The average molecular weight is 364 g/mol. The molecule has 0 bridgehead atoms. The summed E-state index contributed by atoms with van der Waals surface area (Å²) in [5.74, 6) is -0.937. The van der Waals surface area contributed by atoms with E-state index < -0.39 is 21.7 Å². The van der Waals surface area contributed by atoms with Crippen LogP contribution in [0.3, 0.4) is 0 Å². The second-order valence-electron chi connectivity index (χ2n) is 5.85. The Balaban J connectivity index is 1.96. The van der Waals surface area contributed by atoms with E-state index in [0.717, 1.165) is 23.4 Å². The molecule has 0 fully saturated rings. The van der Waals surface area contributed by atoms with Crippen molar-refractivity contribution in [2.45, 2.75) is 13.5 Å². The summed E-state index contributed by atoms with van der Waals surface area (Å²) < 4.78 is 38.3. The van der Waals surface area contributed by atoms with Gasteiger partial charge in [0.2, 0.25) is 10.0 Å². The molecule has 0 aliphatic heterocycles. The lowest BCUT2D eigenvalue weighted by molar-refractivity contribution is 0.0951. The van der Waals surface area contributed by atoms with E-state index in [2.05, 4.69) is 5.32 Å². The molecule has 5 nitrogen and oxygen atoms in total. The van der Waals surface area contributed by atoms with Crippen molar-refractivity contribution in [3.63, 3.8) is 0 Å². The van der Waals surface area contributed by atoms with Crippen molar-refractivity contribution in [2.75, 3.05) is 19.3 Å². The molecule has 7 heteroatoms. The summed E-state index contributed by atoms with van der Waals surface area (Å²) in [5.41, 5.74) is 2.16. The van der Waals surface area contributed by atoms with Crippen LogP contribution in [0.1, 0.15) is 21.5 Å². The lowest BCUT2D eigenvalue weighted by Crippen LogP contribution is -2.37. The molecule has 0 saturated carbocycles. The minimum atomic E-state index is -3.42. The van der Waals surface area contributed by atoms with E-state index in [1.54, 1.807) is 0 Å². The first-order valence-corrected chi connectivity index (χ1v) is 9.65. The van der Waals surface area contributed by atoms with Crippen LogP contribution in [0.5, 0.6) is 0 Å². The van der Waals surface area contributed by atoms with Crippen LogP contribution < -0.4 is 5.32 Å². The quantitative estimate of drug-likeness (QED) is 0.820. The third kappa shape index (κ3) is 5.95. The van der Waals surface area contributed by atoms with Crippen LogP contribution in [0.2, 0.25) is 0 Å². The molecule has 0 aliphatic carbocycles. The summed E-state index contributed by atoms with van der Waals surface area (Å²) in [7, 11) is -3.42. The van der Waals surface area contributed by atoms with Gasteiger partial charge in [0.25, 0.3) is 5.91 Å². The normalized spacial score (nSPS) is 11.5. The Labute approximate surface area is 147 Å². The first-order valence-electron chi connectivity index (χ1n) is 7.80. The highest BCUT2D eigenvalue weighted by atomic mass is 32.2. The molecule has 2 aromatic rings. The number of sulfonamides is 1. The van der Waals surface area contributed by atoms with Crippen molar-refractivity contribution >= 4 is 15.9 Å². The first kappa shape index (κ1) is 19.1. The van der Waals surface area contributed by atoms with Crippen LogP contribution in [-0.2, 0) is 16.6 Å². The number of aryl methyl sites for hydroxylation is 1. The largest absolute Gasteiger partial charge is 0.351 e. The number of carbonyl (C=O) groups excluding carboxylic acids is 1. The Bertz CT molecular complexity index is 836. The summed E-state index contributed by atoms with van der Waals surface area (Å²) in [4.78, 5) is 12.0. The maximum Gasteiger partial charge on any atom is 0.251 e. The number of nitrogens with one attached hydrogen (secondary N) is 1. The van der Waals surface area contributed by atoms with E-state index in [-0.39, 0.29) is 25.2 Å². The van der Waals surface area contributed by atoms with Gasteiger partial charge in [-0.2, -0.15) is 4.31 Å². The second kappa shape index (κ2) is 8.22. The van der Waals surface area contributed by atoms with Crippen LogP contribution in [0.15, 0.2) is 48.5 Å². The molecule has 0 radical (unpaired) electrons. The molecule has 2 aromatic carbocycles. The minimum Gasteiger partial charge on any atom is -0.351 e. The number of nitrogens with zero attached hydrogens (tertiary/aromatic N) is 1. The van der Waals surface area contributed by atoms with E-state index in [9.17, 15) is 17.6 Å². The smallest absolute Gasteiger partial charge is 0.251 e. The van der Waals surface area contributed by atoms with Gasteiger partial charge in [0.15, 0.2) is 0 Å². The van der Waals surface area contributed by atoms with Crippen LogP contribution >= 0.6 is 0 Å². The van der Waals surface area contributed by atoms with Crippen LogP contribution in [-0.4, -0.2) is 38.0 Å². The van der Waals surface area contributed by atoms with Crippen molar-refractivity contribution in [3.05, 3.63) is 71.0 Å². The standard InChI is InChI=1S/C18H21FN2O3S/c1-14-6-8-15(9-7-14)13-21(25(2,23)24)11-10-20-18(22)16-4-3-5-17(19)12-16/h3-9,12H,10-11,13H2,1-2H3,(H,20,22). The van der Waals surface area contributed by atoms with Crippen molar-refractivity contribution in [2.24, 2.45) is 0 Å². The number of amides is 1. The van der Waals surface area contributed by atoms with E-state index in [1.807, 2.05) is 31.2 Å². The molecule has 0 aromatic heterocycles. The molecule has 0 saturated heterocycles. The van der Waals surface area contributed by atoms with Gasteiger partial charge in [-0.05, 0) is 30.7 Å². The Kier molecular flexibility index (Phi) is 6.27. The highest BCUT2D eigenvalue weighted by molar-refractivity contribution is 7.88. The summed E-state index contributed by atoms with van der Waals surface area (Å²) in [6, 6.07) is 12.9. The molecule has 134 valence electrons. The molecule has 0 heterocycles. The number of benzene rings is 2. The molecular weight excluding hydrogens is 343 g/mol. The zero-order valence-corrected chi connectivity index (χ0v) is 15.0. The first-order chi connectivity index (χ1) is 11.8. The SMILES string of the molecule is Cc1ccc(CN(CCNC(=O)c2cccc(F)c2)S(C)(=O)=O)cc1. The summed E-state index contributed by atoms with van der Waals surface area (Å²) >= 11 is 0. The predicted octanol–water partition coefficient (Wildman–Crippen LogP) is 2.33. The minimum absolute atomic E-state index is 0.133. The zero-order valence-electron chi connectivity index (χ0n) is 14.2. The van der Waals surface area contributed by atoms with Crippen molar-refractivity contribution < 1.29 is 17.6 Å². The topological polar surface area (TPSA) is 66.5 Å². The van der Waals surface area contributed by atoms with Crippen LogP contribution in [0.25, 0.3) is 0 Å². The summed E-state index contributed by atoms with van der Waals surface area (Å²) in [5, 5.41) is 2.61. The highest BCUT2D eigenvalue weighted by Crippen LogP contribution is 2.10. The van der Waals surface area contributed by atoms with Crippen LogP contribution in [0.4, 0.5) is 4.39 Å². The molecule has 2 rings (SSSR count). The second-order valence-corrected chi connectivity index (χ2v) is 7.83. The Morgan fingerprint density at radius 3 is 2.44 bits per heavy atom. The van der Waals surface area contributed by atoms with Crippen LogP contribution in [0, 0.1) is 12.7 Å². The lowest BCUT2D eigenvalue weighted by atomic mass is 10.1. The molecule has 25 heavy (non-hydrogen) atoms. The van der Waals surface area contributed by atoms with Gasteiger partial charge in [-0.1, -0.05) is 35.9 Å². The van der Waals surface area contributed by atoms with Gasteiger partial charge in [0, 0.05) is 25.2 Å². The number of halogens is 1. The maximum absolute atomic E-state index is 13.1. The van der Waals surface area contributed by atoms with E-state index in [1.165, 1.54) is 22.5 Å². The van der Waals surface area contributed by atoms with Crippen molar-refractivity contribution in [1.82, 2.24) is 9.62 Å². The highest BCUT2D eigenvalue weighted by Gasteiger charge is 2.17. The number of hydrogen-bond donors (Lipinski definition) is 1.